The summed E-state index contributed by atoms with van der Waals surface area (Å²) in [4.78, 5) is 23.0. The normalized spacial score (nSPS) is 11.7. The standard InChI is InChI=1S/C20H28N2O7S/c1-4-5-6-13-29-17-9-7-15(14-18(17)28-2)11-12-21-20(25)16(8-10-19(23)24)22-30(3,26)27/h7,9,14,16,22H,4,8,10-13H2,1-3H3,(H,21,25)(H,23,24)/t16-/m0/s1. The number of carboxylic acids is 1. The average molecular weight is 441 g/mol. The summed E-state index contributed by atoms with van der Waals surface area (Å²) in [6, 6.07) is 4.22. The fourth-order valence-electron chi connectivity index (χ4n) is 2.50. The number of nitrogens with one attached hydrogen (secondary N) is 2. The largest absolute Gasteiger partial charge is 0.493 e. The molecular formula is C20H28N2O7S. The number of amides is 1. The smallest absolute Gasteiger partial charge is 0.303 e. The number of hydrogen-bond donors (Lipinski definition) is 3. The van der Waals surface area contributed by atoms with Crippen molar-refractivity contribution in [1.29, 1.82) is 0 Å². The Bertz CT molecular complexity index is 888. The molecule has 1 aromatic rings. The molecule has 0 aromatic heterocycles. The number of sulfonamides is 1. The van der Waals surface area contributed by atoms with Gasteiger partial charge in [-0.2, -0.15) is 0 Å². The predicted octanol–water partition coefficient (Wildman–Crippen LogP) is 0.929. The lowest BCUT2D eigenvalue weighted by molar-refractivity contribution is -0.137. The number of methoxy groups -OCH3 is 1. The zero-order chi connectivity index (χ0) is 22.6. The minimum atomic E-state index is -3.66. The second-order valence-corrected chi connectivity index (χ2v) is 8.18. The van der Waals surface area contributed by atoms with Gasteiger partial charge in [0.1, 0.15) is 12.6 Å². The van der Waals surface area contributed by atoms with E-state index in [1.807, 2.05) is 13.0 Å². The molecule has 0 saturated heterocycles. The van der Waals surface area contributed by atoms with E-state index in [2.05, 4.69) is 21.9 Å². The molecule has 0 unspecified atom stereocenters. The lowest BCUT2D eigenvalue weighted by Crippen LogP contribution is -2.47. The van der Waals surface area contributed by atoms with E-state index in [1.54, 1.807) is 12.1 Å². The van der Waals surface area contributed by atoms with Crippen LogP contribution in [-0.2, 0) is 26.0 Å². The average Bonchev–Trinajstić information content (AvgIpc) is 2.68. The molecule has 0 fully saturated rings. The number of benzene rings is 1. The number of hydrogen-bond acceptors (Lipinski definition) is 6. The van der Waals surface area contributed by atoms with E-state index in [1.165, 1.54) is 7.11 Å². The highest BCUT2D eigenvalue weighted by atomic mass is 32.2. The molecule has 1 atom stereocenters. The molecule has 0 aliphatic rings. The second-order valence-electron chi connectivity index (χ2n) is 6.40. The summed E-state index contributed by atoms with van der Waals surface area (Å²) in [5.41, 5.74) is 0.873. The molecule has 0 aliphatic heterocycles. The zero-order valence-corrected chi connectivity index (χ0v) is 18.2. The van der Waals surface area contributed by atoms with Gasteiger partial charge in [0.15, 0.2) is 11.5 Å². The summed E-state index contributed by atoms with van der Waals surface area (Å²) in [6.45, 7) is 2.44. The van der Waals surface area contributed by atoms with Crippen LogP contribution in [0.5, 0.6) is 11.5 Å². The zero-order valence-electron chi connectivity index (χ0n) is 17.4. The van der Waals surface area contributed by atoms with Crippen LogP contribution < -0.4 is 19.5 Å². The molecule has 0 spiro atoms. The molecule has 0 saturated carbocycles. The van der Waals surface area contributed by atoms with Crippen LogP contribution in [0.3, 0.4) is 0 Å². The Morgan fingerprint density at radius 2 is 1.97 bits per heavy atom. The molecule has 1 aromatic carbocycles. The highest BCUT2D eigenvalue weighted by Crippen LogP contribution is 2.28. The van der Waals surface area contributed by atoms with Gasteiger partial charge in [-0.25, -0.2) is 13.1 Å². The second kappa shape index (κ2) is 12.7. The van der Waals surface area contributed by atoms with Gasteiger partial charge >= 0.3 is 5.97 Å². The van der Waals surface area contributed by atoms with Crippen LogP contribution in [0.4, 0.5) is 0 Å². The number of aliphatic carboxylic acids is 1. The third kappa shape index (κ3) is 10.1. The molecule has 0 aliphatic carbocycles. The van der Waals surface area contributed by atoms with Crippen LogP contribution in [0.2, 0.25) is 0 Å². The number of rotatable bonds is 12. The highest BCUT2D eigenvalue weighted by Gasteiger charge is 2.22. The van der Waals surface area contributed by atoms with Crippen molar-refractivity contribution >= 4 is 21.9 Å². The fourth-order valence-corrected chi connectivity index (χ4v) is 3.24. The van der Waals surface area contributed by atoms with E-state index in [0.29, 0.717) is 17.9 Å². The van der Waals surface area contributed by atoms with Crippen molar-refractivity contribution in [2.75, 3.05) is 26.5 Å². The summed E-state index contributed by atoms with van der Waals surface area (Å²) in [7, 11) is -2.14. The van der Waals surface area contributed by atoms with Crippen LogP contribution in [0, 0.1) is 11.8 Å². The summed E-state index contributed by atoms with van der Waals surface area (Å²) < 4.78 is 35.9. The van der Waals surface area contributed by atoms with E-state index in [-0.39, 0.29) is 26.0 Å². The highest BCUT2D eigenvalue weighted by molar-refractivity contribution is 7.88. The summed E-state index contributed by atoms with van der Waals surface area (Å²) in [6.07, 6.45) is 1.65. The minimum absolute atomic E-state index is 0.144. The van der Waals surface area contributed by atoms with Crippen molar-refractivity contribution in [3.8, 4) is 23.3 Å². The molecule has 10 heteroatoms. The molecule has 0 heterocycles. The van der Waals surface area contributed by atoms with Gasteiger partial charge in [-0.1, -0.05) is 18.9 Å². The molecule has 1 amide bonds. The van der Waals surface area contributed by atoms with Crippen LogP contribution in [0.15, 0.2) is 18.2 Å². The van der Waals surface area contributed by atoms with Crippen LogP contribution in [0.1, 0.15) is 31.7 Å². The van der Waals surface area contributed by atoms with Crippen LogP contribution in [-0.4, -0.2) is 58.0 Å². The molecule has 0 bridgehead atoms. The van der Waals surface area contributed by atoms with Crippen molar-refractivity contribution < 1.29 is 32.6 Å². The van der Waals surface area contributed by atoms with Gasteiger partial charge in [-0.3, -0.25) is 9.59 Å². The van der Waals surface area contributed by atoms with Gasteiger partial charge in [0.05, 0.1) is 13.4 Å². The quantitative estimate of drug-likeness (QED) is 0.412. The molecule has 9 nitrogen and oxygen atoms in total. The van der Waals surface area contributed by atoms with Crippen molar-refractivity contribution in [2.45, 2.75) is 38.6 Å². The Hall–Kier alpha value is -2.77. The lowest BCUT2D eigenvalue weighted by Gasteiger charge is -2.17. The van der Waals surface area contributed by atoms with Gasteiger partial charge in [-0.05, 0) is 30.5 Å². The molecule has 166 valence electrons. The van der Waals surface area contributed by atoms with Gasteiger partial charge < -0.3 is 19.9 Å². The Morgan fingerprint density at radius 1 is 1.23 bits per heavy atom. The monoisotopic (exact) mass is 440 g/mol. The number of carbonyl (C=O) groups excluding carboxylic acids is 1. The number of carboxylic acid groups (broad SMARTS) is 1. The third-order valence-electron chi connectivity index (χ3n) is 3.86. The van der Waals surface area contributed by atoms with Gasteiger partial charge in [0.2, 0.25) is 15.9 Å². The topological polar surface area (TPSA) is 131 Å². The van der Waals surface area contributed by atoms with Gasteiger partial charge in [0, 0.05) is 19.4 Å². The van der Waals surface area contributed by atoms with Crippen molar-refractivity contribution in [1.82, 2.24) is 10.0 Å². The molecule has 3 N–H and O–H groups in total. The van der Waals surface area contributed by atoms with Crippen LogP contribution >= 0.6 is 0 Å². The molecule has 1 rings (SSSR count). The Labute approximate surface area is 177 Å². The maximum Gasteiger partial charge on any atom is 0.303 e. The Kier molecular flexibility index (Phi) is 10.7. The first kappa shape index (κ1) is 25.3. The summed E-state index contributed by atoms with van der Waals surface area (Å²) >= 11 is 0. The van der Waals surface area contributed by atoms with E-state index >= 15 is 0 Å². The van der Waals surface area contributed by atoms with Crippen LogP contribution in [0.25, 0.3) is 0 Å². The van der Waals surface area contributed by atoms with Gasteiger partial charge in [-0.15, -0.1) is 5.92 Å². The molecular weight excluding hydrogens is 412 g/mol. The first-order valence-corrected chi connectivity index (χ1v) is 11.3. The maximum atomic E-state index is 12.3. The van der Waals surface area contributed by atoms with Crippen molar-refractivity contribution in [3.63, 3.8) is 0 Å². The SMILES string of the molecule is CCC#CCOc1ccc(CCNC(=O)[C@H](CCC(=O)O)NS(C)(=O)=O)cc1OC. The Morgan fingerprint density at radius 3 is 2.57 bits per heavy atom. The number of ether oxygens (including phenoxy) is 2. The summed E-state index contributed by atoms with van der Waals surface area (Å²) in [5, 5.41) is 11.4. The van der Waals surface area contributed by atoms with Crippen molar-refractivity contribution in [3.05, 3.63) is 23.8 Å². The lowest BCUT2D eigenvalue weighted by atomic mass is 10.1. The van der Waals surface area contributed by atoms with Gasteiger partial charge in [0.25, 0.3) is 0 Å². The van der Waals surface area contributed by atoms with E-state index in [0.717, 1.165) is 18.2 Å². The molecule has 30 heavy (non-hydrogen) atoms. The first-order chi connectivity index (χ1) is 14.2. The van der Waals surface area contributed by atoms with E-state index in [4.69, 9.17) is 14.6 Å². The fraction of sp³-hybridized carbons (Fsp3) is 0.500. The first-order valence-electron chi connectivity index (χ1n) is 9.38. The minimum Gasteiger partial charge on any atom is -0.493 e. The Balaban J connectivity index is 2.66. The maximum absolute atomic E-state index is 12.3. The third-order valence-corrected chi connectivity index (χ3v) is 4.57. The van der Waals surface area contributed by atoms with E-state index < -0.39 is 27.9 Å². The van der Waals surface area contributed by atoms with Crippen molar-refractivity contribution in [2.24, 2.45) is 0 Å². The van der Waals surface area contributed by atoms with E-state index in [9.17, 15) is 18.0 Å². The number of carbonyl (C=O) groups is 2. The summed E-state index contributed by atoms with van der Waals surface area (Å²) in [5.74, 6) is 5.19. The molecule has 0 radical (unpaired) electrons. The predicted molar refractivity (Wildman–Crippen MR) is 112 cm³/mol.